The molecule has 0 saturated carbocycles. The third-order valence-corrected chi connectivity index (χ3v) is 5.59. The average Bonchev–Trinajstić information content (AvgIpc) is 3.15. The molecular weight excluding hydrogens is 388 g/mol. The summed E-state index contributed by atoms with van der Waals surface area (Å²) in [7, 11) is 0. The molecule has 1 aliphatic rings. The molecule has 3 rings (SSSR count). The average molecular weight is 414 g/mol. The summed E-state index contributed by atoms with van der Waals surface area (Å²) < 4.78 is 1.43. The van der Waals surface area contributed by atoms with Crippen molar-refractivity contribution in [1.29, 1.82) is 0 Å². The number of piperidine rings is 1. The number of hydrogen-bond acceptors (Lipinski definition) is 6. The molecule has 1 aromatic heterocycles. The summed E-state index contributed by atoms with van der Waals surface area (Å²) in [6, 6.07) is 6.02. The largest absolute Gasteiger partial charge is 0.343 e. The zero-order valence-corrected chi connectivity index (χ0v) is 17.4. The Balaban J connectivity index is 1.71. The minimum Gasteiger partial charge on any atom is -0.343 e. The summed E-state index contributed by atoms with van der Waals surface area (Å²) in [5.41, 5.74) is 1.14. The Morgan fingerprint density at radius 2 is 1.90 bits per heavy atom. The predicted molar refractivity (Wildman–Crippen MR) is 109 cm³/mol. The first-order valence-electron chi connectivity index (χ1n) is 10.1. The van der Waals surface area contributed by atoms with Gasteiger partial charge < -0.3 is 9.80 Å². The van der Waals surface area contributed by atoms with Crippen LogP contribution in [0.4, 0.5) is 5.69 Å². The smallest absolute Gasteiger partial charge is 0.276 e. The van der Waals surface area contributed by atoms with Gasteiger partial charge in [0.15, 0.2) is 5.69 Å². The van der Waals surface area contributed by atoms with Crippen LogP contribution in [-0.2, 0) is 4.79 Å². The number of likely N-dealkylation sites (tertiary alicyclic amines) is 1. The van der Waals surface area contributed by atoms with Crippen molar-refractivity contribution in [2.45, 2.75) is 33.6 Å². The number of benzene rings is 1. The Morgan fingerprint density at radius 1 is 1.23 bits per heavy atom. The van der Waals surface area contributed by atoms with Crippen molar-refractivity contribution in [1.82, 2.24) is 24.8 Å². The molecule has 2 heterocycles. The lowest BCUT2D eigenvalue weighted by Gasteiger charge is -2.33. The normalized spacial score (nSPS) is 14.6. The minimum absolute atomic E-state index is 0.0596. The number of amides is 2. The topological polar surface area (TPSA) is 114 Å². The maximum absolute atomic E-state index is 13.0. The highest BCUT2D eigenvalue weighted by Crippen LogP contribution is 2.23. The van der Waals surface area contributed by atoms with Gasteiger partial charge in [-0.05, 0) is 39.7 Å². The fraction of sp³-hybridized carbons (Fsp3) is 0.500. The number of carbonyl (C=O) groups excluding carboxylic acids is 2. The molecule has 0 spiro atoms. The van der Waals surface area contributed by atoms with E-state index >= 15 is 0 Å². The molecular formula is C20H26N6O4. The van der Waals surface area contributed by atoms with Crippen molar-refractivity contribution in [2.75, 3.05) is 26.2 Å². The van der Waals surface area contributed by atoms with Gasteiger partial charge in [0.05, 0.1) is 16.3 Å². The summed E-state index contributed by atoms with van der Waals surface area (Å²) >= 11 is 0. The van der Waals surface area contributed by atoms with Gasteiger partial charge in [-0.2, -0.15) is 0 Å². The first-order valence-corrected chi connectivity index (χ1v) is 10.1. The zero-order chi connectivity index (χ0) is 21.8. The van der Waals surface area contributed by atoms with Gasteiger partial charge in [-0.25, -0.2) is 4.68 Å². The molecule has 0 N–H and O–H groups in total. The van der Waals surface area contributed by atoms with Crippen molar-refractivity contribution in [2.24, 2.45) is 5.92 Å². The number of carbonyl (C=O) groups is 2. The van der Waals surface area contributed by atoms with E-state index in [1.165, 1.54) is 16.8 Å². The lowest BCUT2D eigenvalue weighted by atomic mass is 9.95. The summed E-state index contributed by atoms with van der Waals surface area (Å²) in [5, 5.41) is 19.1. The highest BCUT2D eigenvalue weighted by atomic mass is 16.6. The molecule has 0 radical (unpaired) electrons. The van der Waals surface area contributed by atoms with Crippen LogP contribution in [0.2, 0.25) is 0 Å². The number of hydrogen-bond donors (Lipinski definition) is 0. The van der Waals surface area contributed by atoms with Gasteiger partial charge in [-0.3, -0.25) is 19.7 Å². The second kappa shape index (κ2) is 9.02. The summed E-state index contributed by atoms with van der Waals surface area (Å²) in [4.78, 5) is 39.6. The SMILES string of the molecule is CCN(CC)C(=O)C1CCN(C(=O)c2nnn(-c3cccc([N+](=O)[O-])c3)c2C)CC1. The van der Waals surface area contributed by atoms with E-state index in [0.29, 0.717) is 50.4 Å². The highest BCUT2D eigenvalue weighted by Gasteiger charge is 2.31. The van der Waals surface area contributed by atoms with Gasteiger partial charge in [-0.1, -0.05) is 11.3 Å². The van der Waals surface area contributed by atoms with Crippen LogP contribution in [0.3, 0.4) is 0 Å². The van der Waals surface area contributed by atoms with Gasteiger partial charge >= 0.3 is 0 Å². The Morgan fingerprint density at radius 3 is 2.50 bits per heavy atom. The molecule has 2 amide bonds. The zero-order valence-electron chi connectivity index (χ0n) is 17.4. The Bertz CT molecular complexity index is 945. The van der Waals surface area contributed by atoms with Crippen LogP contribution in [0.5, 0.6) is 0 Å². The van der Waals surface area contributed by atoms with Crippen LogP contribution in [0.1, 0.15) is 42.9 Å². The molecule has 2 aromatic rings. The molecule has 160 valence electrons. The number of rotatable bonds is 6. The highest BCUT2D eigenvalue weighted by molar-refractivity contribution is 5.93. The van der Waals surface area contributed by atoms with Gasteiger partial charge in [-0.15, -0.1) is 5.10 Å². The fourth-order valence-corrected chi connectivity index (χ4v) is 3.78. The third-order valence-electron chi connectivity index (χ3n) is 5.59. The fourth-order valence-electron chi connectivity index (χ4n) is 3.78. The Labute approximate surface area is 174 Å². The first kappa shape index (κ1) is 21.4. The van der Waals surface area contributed by atoms with Gasteiger partial charge in [0.2, 0.25) is 5.91 Å². The van der Waals surface area contributed by atoms with Crippen molar-refractivity contribution in [3.63, 3.8) is 0 Å². The van der Waals surface area contributed by atoms with E-state index in [0.717, 1.165) is 0 Å². The lowest BCUT2D eigenvalue weighted by Crippen LogP contribution is -2.44. The van der Waals surface area contributed by atoms with Crippen LogP contribution in [0, 0.1) is 23.0 Å². The molecule has 0 aliphatic carbocycles. The second-order valence-corrected chi connectivity index (χ2v) is 7.29. The minimum atomic E-state index is -0.481. The number of nitrogens with zero attached hydrogens (tertiary/aromatic N) is 6. The standard InChI is InChI=1S/C20H26N6O4/c1-4-23(5-2)19(27)15-9-11-24(12-10-15)20(28)18-14(3)25(22-21-18)16-7-6-8-17(13-16)26(29)30/h6-8,13,15H,4-5,9-12H2,1-3H3. The molecule has 1 aliphatic heterocycles. The monoisotopic (exact) mass is 414 g/mol. The van der Waals surface area contributed by atoms with E-state index in [4.69, 9.17) is 0 Å². The summed E-state index contributed by atoms with van der Waals surface area (Å²) in [5.74, 6) is -0.145. The predicted octanol–water partition coefficient (Wildman–Crippen LogP) is 2.20. The second-order valence-electron chi connectivity index (χ2n) is 7.29. The maximum Gasteiger partial charge on any atom is 0.276 e. The van der Waals surface area contributed by atoms with E-state index in [2.05, 4.69) is 10.3 Å². The molecule has 1 aromatic carbocycles. The number of non-ortho nitro benzene ring substituents is 1. The quantitative estimate of drug-likeness (QED) is 0.529. The molecule has 0 bridgehead atoms. The number of aromatic nitrogens is 3. The van der Waals surface area contributed by atoms with Crippen LogP contribution in [0.25, 0.3) is 5.69 Å². The number of nitro groups is 1. The van der Waals surface area contributed by atoms with Gasteiger partial charge in [0.1, 0.15) is 0 Å². The van der Waals surface area contributed by atoms with Crippen molar-refractivity contribution < 1.29 is 14.5 Å². The van der Waals surface area contributed by atoms with E-state index < -0.39 is 4.92 Å². The van der Waals surface area contributed by atoms with Crippen LogP contribution < -0.4 is 0 Å². The maximum atomic E-state index is 13.0. The van der Waals surface area contributed by atoms with E-state index in [-0.39, 0.29) is 29.1 Å². The van der Waals surface area contributed by atoms with Crippen LogP contribution >= 0.6 is 0 Å². The molecule has 0 unspecified atom stereocenters. The van der Waals surface area contributed by atoms with E-state index in [1.807, 2.05) is 18.7 Å². The summed E-state index contributed by atoms with van der Waals surface area (Å²) in [6.07, 6.45) is 1.25. The first-order chi connectivity index (χ1) is 14.4. The molecule has 1 fully saturated rings. The molecule has 10 heteroatoms. The van der Waals surface area contributed by atoms with Crippen LogP contribution in [0.15, 0.2) is 24.3 Å². The molecule has 0 atom stereocenters. The lowest BCUT2D eigenvalue weighted by molar-refractivity contribution is -0.384. The molecule has 1 saturated heterocycles. The van der Waals surface area contributed by atoms with E-state index in [9.17, 15) is 19.7 Å². The number of nitro benzene ring substituents is 1. The van der Waals surface area contributed by atoms with Gasteiger partial charge in [0, 0.05) is 44.2 Å². The third kappa shape index (κ3) is 4.17. The van der Waals surface area contributed by atoms with Crippen molar-refractivity contribution in [3.8, 4) is 5.69 Å². The Kier molecular flexibility index (Phi) is 6.43. The van der Waals surface area contributed by atoms with Gasteiger partial charge in [0.25, 0.3) is 11.6 Å². The summed E-state index contributed by atoms with van der Waals surface area (Å²) in [6.45, 7) is 7.99. The van der Waals surface area contributed by atoms with Crippen LogP contribution in [-0.4, -0.2) is 67.7 Å². The Hall–Kier alpha value is -3.30. The van der Waals surface area contributed by atoms with Crippen molar-refractivity contribution >= 4 is 17.5 Å². The van der Waals surface area contributed by atoms with E-state index in [1.54, 1.807) is 24.0 Å². The van der Waals surface area contributed by atoms with Crippen molar-refractivity contribution in [3.05, 3.63) is 45.8 Å². The molecule has 10 nitrogen and oxygen atoms in total. The molecule has 30 heavy (non-hydrogen) atoms.